The van der Waals surface area contributed by atoms with Gasteiger partial charge in [0.25, 0.3) is 0 Å². The maximum absolute atomic E-state index is 11.4. The molecule has 0 heterocycles. The minimum atomic E-state index is -3.66. The quantitative estimate of drug-likeness (QED) is 0.854. The van der Waals surface area contributed by atoms with E-state index in [-0.39, 0.29) is 4.90 Å². The van der Waals surface area contributed by atoms with Crippen molar-refractivity contribution in [2.45, 2.75) is 11.8 Å². The third kappa shape index (κ3) is 2.11. The van der Waals surface area contributed by atoms with Crippen molar-refractivity contribution in [2.24, 2.45) is 5.14 Å². The first-order valence-electron chi connectivity index (χ1n) is 5.17. The number of hydrogen-bond acceptors (Lipinski definition) is 3. The Morgan fingerprint density at radius 2 is 1.94 bits per heavy atom. The lowest BCUT2D eigenvalue weighted by molar-refractivity contribution is 0.597. The van der Waals surface area contributed by atoms with Crippen molar-refractivity contribution in [3.8, 4) is 0 Å². The molecule has 0 aliphatic carbocycles. The highest BCUT2D eigenvalue weighted by Crippen LogP contribution is 2.27. The number of fused-ring (bicyclic) bond motifs is 1. The van der Waals surface area contributed by atoms with Crippen molar-refractivity contribution in [1.82, 2.24) is 0 Å². The van der Waals surface area contributed by atoms with Crippen molar-refractivity contribution in [3.63, 3.8) is 0 Å². The third-order valence-electron chi connectivity index (χ3n) is 2.75. The Bertz CT molecular complexity index is 678. The van der Waals surface area contributed by atoms with Crippen molar-refractivity contribution >= 4 is 26.5 Å². The standard InChI is InChI=1S/C12H14N2O2S/c1-8-6-10-9(4-3-5-11(10)14-2)7-12(8)17(13,15)16/h3-7,14H,1-2H3,(H2,13,15,16). The number of nitrogens with two attached hydrogens (primary N) is 1. The summed E-state index contributed by atoms with van der Waals surface area (Å²) in [5, 5.41) is 10.1. The first-order chi connectivity index (χ1) is 7.93. The molecule has 0 saturated heterocycles. The number of benzene rings is 2. The largest absolute Gasteiger partial charge is 0.388 e. The van der Waals surface area contributed by atoms with E-state index in [9.17, 15) is 8.42 Å². The molecule has 17 heavy (non-hydrogen) atoms. The lowest BCUT2D eigenvalue weighted by Gasteiger charge is -2.09. The fourth-order valence-corrected chi connectivity index (χ4v) is 2.74. The molecule has 0 bridgehead atoms. The molecule has 0 aliphatic rings. The minimum absolute atomic E-state index is 0.179. The van der Waals surface area contributed by atoms with Crippen LogP contribution in [0, 0.1) is 6.92 Å². The van der Waals surface area contributed by atoms with Crippen molar-refractivity contribution in [2.75, 3.05) is 12.4 Å². The van der Waals surface area contributed by atoms with Crippen molar-refractivity contribution in [1.29, 1.82) is 0 Å². The summed E-state index contributed by atoms with van der Waals surface area (Å²) in [7, 11) is -1.83. The highest BCUT2D eigenvalue weighted by Gasteiger charge is 2.13. The molecule has 0 atom stereocenters. The molecule has 0 spiro atoms. The number of hydrogen-bond donors (Lipinski definition) is 2. The summed E-state index contributed by atoms with van der Waals surface area (Å²) in [6, 6.07) is 9.13. The van der Waals surface area contributed by atoms with E-state index in [4.69, 9.17) is 5.14 Å². The molecule has 0 amide bonds. The van der Waals surface area contributed by atoms with Gasteiger partial charge in [-0.25, -0.2) is 13.6 Å². The Kier molecular flexibility index (Phi) is 2.81. The number of nitrogens with one attached hydrogen (secondary N) is 1. The van der Waals surface area contributed by atoms with E-state index in [1.807, 2.05) is 31.3 Å². The van der Waals surface area contributed by atoms with Gasteiger partial charge in [0.15, 0.2) is 0 Å². The Labute approximate surface area is 100 Å². The van der Waals surface area contributed by atoms with Crippen molar-refractivity contribution < 1.29 is 8.42 Å². The molecule has 0 unspecified atom stereocenters. The van der Waals surface area contributed by atoms with Crippen LogP contribution in [0.25, 0.3) is 10.8 Å². The molecule has 0 radical (unpaired) electrons. The Morgan fingerprint density at radius 1 is 1.24 bits per heavy atom. The fraction of sp³-hybridized carbons (Fsp3) is 0.167. The van der Waals surface area contributed by atoms with Crippen LogP contribution in [0.15, 0.2) is 35.2 Å². The summed E-state index contributed by atoms with van der Waals surface area (Å²) in [6.07, 6.45) is 0. The molecule has 2 aromatic rings. The highest BCUT2D eigenvalue weighted by molar-refractivity contribution is 7.89. The van der Waals surface area contributed by atoms with Gasteiger partial charge in [0.1, 0.15) is 0 Å². The molecule has 2 aromatic carbocycles. The van der Waals surface area contributed by atoms with E-state index in [1.54, 1.807) is 13.0 Å². The van der Waals surface area contributed by atoms with Gasteiger partial charge < -0.3 is 5.32 Å². The molecule has 3 N–H and O–H groups in total. The number of sulfonamides is 1. The summed E-state index contributed by atoms with van der Waals surface area (Å²) in [6.45, 7) is 1.74. The zero-order valence-corrected chi connectivity index (χ0v) is 10.5. The molecule has 0 saturated carbocycles. The maximum Gasteiger partial charge on any atom is 0.238 e. The van der Waals surface area contributed by atoms with E-state index < -0.39 is 10.0 Å². The van der Waals surface area contributed by atoms with E-state index in [2.05, 4.69) is 5.32 Å². The van der Waals surface area contributed by atoms with Crippen LogP contribution in [0.4, 0.5) is 5.69 Å². The highest BCUT2D eigenvalue weighted by atomic mass is 32.2. The van der Waals surface area contributed by atoms with Crippen LogP contribution in [0.2, 0.25) is 0 Å². The number of anilines is 1. The van der Waals surface area contributed by atoms with Crippen LogP contribution in [0.5, 0.6) is 0 Å². The van der Waals surface area contributed by atoms with Gasteiger partial charge in [-0.15, -0.1) is 0 Å². The Balaban J connectivity index is 2.84. The molecule has 0 aliphatic heterocycles. The van der Waals surface area contributed by atoms with Crippen LogP contribution in [-0.2, 0) is 10.0 Å². The summed E-state index contributed by atoms with van der Waals surface area (Å²) >= 11 is 0. The second-order valence-corrected chi connectivity index (χ2v) is 5.47. The summed E-state index contributed by atoms with van der Waals surface area (Å²) in [4.78, 5) is 0.179. The number of primary sulfonamides is 1. The SMILES string of the molecule is CNc1cccc2cc(S(N)(=O)=O)c(C)cc12. The molecular formula is C12H14N2O2S. The van der Waals surface area contributed by atoms with Gasteiger partial charge >= 0.3 is 0 Å². The molecular weight excluding hydrogens is 236 g/mol. The average Bonchev–Trinajstić information content (AvgIpc) is 2.26. The van der Waals surface area contributed by atoms with Gasteiger partial charge in [0.2, 0.25) is 10.0 Å². The lowest BCUT2D eigenvalue weighted by Crippen LogP contribution is -2.13. The van der Waals surface area contributed by atoms with Crippen LogP contribution in [0.1, 0.15) is 5.56 Å². The smallest absolute Gasteiger partial charge is 0.238 e. The number of rotatable bonds is 2. The second-order valence-electron chi connectivity index (χ2n) is 3.94. The normalized spacial score (nSPS) is 11.7. The molecule has 5 heteroatoms. The van der Waals surface area contributed by atoms with E-state index >= 15 is 0 Å². The zero-order chi connectivity index (χ0) is 12.6. The van der Waals surface area contributed by atoms with Gasteiger partial charge in [0, 0.05) is 18.1 Å². The second kappa shape index (κ2) is 4.01. The fourth-order valence-electron chi connectivity index (χ4n) is 1.94. The Hall–Kier alpha value is -1.59. The first-order valence-corrected chi connectivity index (χ1v) is 6.72. The van der Waals surface area contributed by atoms with Gasteiger partial charge in [-0.05, 0) is 36.1 Å². The predicted molar refractivity (Wildman–Crippen MR) is 69.6 cm³/mol. The Morgan fingerprint density at radius 3 is 2.53 bits per heavy atom. The van der Waals surface area contributed by atoms with E-state index in [0.29, 0.717) is 5.56 Å². The van der Waals surface area contributed by atoms with E-state index in [1.165, 1.54) is 0 Å². The maximum atomic E-state index is 11.4. The molecule has 2 rings (SSSR count). The first kappa shape index (κ1) is 11.9. The van der Waals surface area contributed by atoms with Crippen LogP contribution in [-0.4, -0.2) is 15.5 Å². The summed E-state index contributed by atoms with van der Waals surface area (Å²) in [5.74, 6) is 0. The van der Waals surface area contributed by atoms with Gasteiger partial charge in [-0.2, -0.15) is 0 Å². The van der Waals surface area contributed by atoms with E-state index in [0.717, 1.165) is 16.5 Å². The minimum Gasteiger partial charge on any atom is -0.388 e. The summed E-state index contributed by atoms with van der Waals surface area (Å²) < 4.78 is 22.8. The number of aryl methyl sites for hydroxylation is 1. The molecule has 90 valence electrons. The van der Waals surface area contributed by atoms with Gasteiger partial charge in [-0.1, -0.05) is 12.1 Å². The monoisotopic (exact) mass is 250 g/mol. The average molecular weight is 250 g/mol. The molecule has 0 fully saturated rings. The third-order valence-corrected chi connectivity index (χ3v) is 3.80. The lowest BCUT2D eigenvalue weighted by atomic mass is 10.1. The van der Waals surface area contributed by atoms with Crippen molar-refractivity contribution in [3.05, 3.63) is 35.9 Å². The van der Waals surface area contributed by atoms with Crippen LogP contribution >= 0.6 is 0 Å². The zero-order valence-electron chi connectivity index (χ0n) is 9.69. The van der Waals surface area contributed by atoms with Gasteiger partial charge in [-0.3, -0.25) is 0 Å². The summed E-state index contributed by atoms with van der Waals surface area (Å²) in [5.41, 5.74) is 1.62. The van der Waals surface area contributed by atoms with Crippen LogP contribution in [0.3, 0.4) is 0 Å². The topological polar surface area (TPSA) is 72.2 Å². The van der Waals surface area contributed by atoms with Gasteiger partial charge in [0.05, 0.1) is 4.90 Å². The predicted octanol–water partition coefficient (Wildman–Crippen LogP) is 1.84. The molecule has 0 aromatic heterocycles. The molecule has 4 nitrogen and oxygen atoms in total. The van der Waals surface area contributed by atoms with Crippen LogP contribution < -0.4 is 10.5 Å².